The van der Waals surface area contributed by atoms with Gasteiger partial charge in [-0.05, 0) is 49.4 Å². The first-order valence-corrected chi connectivity index (χ1v) is 11.1. The Morgan fingerprint density at radius 3 is 2.61 bits per heavy atom. The highest BCUT2D eigenvalue weighted by Crippen LogP contribution is 2.29. The van der Waals surface area contributed by atoms with Crippen LogP contribution in [0.1, 0.15) is 17.3 Å². The number of anilines is 1. The van der Waals surface area contributed by atoms with Crippen molar-refractivity contribution in [1.82, 2.24) is 4.98 Å². The van der Waals surface area contributed by atoms with E-state index in [1.165, 1.54) is 42.7 Å². The smallest absolute Gasteiger partial charge is 0.257 e. The van der Waals surface area contributed by atoms with E-state index in [4.69, 9.17) is 9.47 Å². The summed E-state index contributed by atoms with van der Waals surface area (Å²) in [6.07, 6.45) is 0. The maximum absolute atomic E-state index is 12.5. The van der Waals surface area contributed by atoms with Gasteiger partial charge in [-0.25, -0.2) is 13.4 Å². The van der Waals surface area contributed by atoms with Crippen LogP contribution in [-0.2, 0) is 14.6 Å². The van der Waals surface area contributed by atoms with Crippen molar-refractivity contribution in [3.63, 3.8) is 0 Å². The van der Waals surface area contributed by atoms with Crippen molar-refractivity contribution in [2.75, 3.05) is 31.4 Å². The zero-order valence-electron chi connectivity index (χ0n) is 15.5. The highest BCUT2D eigenvalue weighted by Gasteiger charge is 2.16. The van der Waals surface area contributed by atoms with E-state index in [1.807, 2.05) is 25.1 Å². The molecule has 28 heavy (non-hydrogen) atoms. The number of nitrogens with one attached hydrogen (secondary N) is 1. The first-order chi connectivity index (χ1) is 13.4. The Labute approximate surface area is 167 Å². The van der Waals surface area contributed by atoms with E-state index >= 15 is 0 Å². The van der Waals surface area contributed by atoms with Gasteiger partial charge in [-0.1, -0.05) is 11.3 Å². The Kier molecular flexibility index (Phi) is 6.28. The molecule has 0 aliphatic heterocycles. The molecule has 0 atom stereocenters. The third-order valence-electron chi connectivity index (χ3n) is 3.92. The fraction of sp³-hybridized carbons (Fsp3) is 0.263. The summed E-state index contributed by atoms with van der Waals surface area (Å²) in [6.45, 7) is 2.61. The molecule has 9 heteroatoms. The summed E-state index contributed by atoms with van der Waals surface area (Å²) < 4.78 is 35.5. The fourth-order valence-corrected chi connectivity index (χ4v) is 4.57. The minimum absolute atomic E-state index is 0.107. The van der Waals surface area contributed by atoms with Gasteiger partial charge in [-0.2, -0.15) is 0 Å². The van der Waals surface area contributed by atoms with Crippen molar-refractivity contribution >= 4 is 42.4 Å². The van der Waals surface area contributed by atoms with Gasteiger partial charge in [-0.15, -0.1) is 0 Å². The normalized spacial score (nSPS) is 11.5. The molecule has 0 aliphatic rings. The predicted molar refractivity (Wildman–Crippen MR) is 109 cm³/mol. The number of thiazole rings is 1. The van der Waals surface area contributed by atoms with Crippen molar-refractivity contribution in [3.05, 3.63) is 48.0 Å². The third kappa shape index (κ3) is 4.67. The van der Waals surface area contributed by atoms with Crippen molar-refractivity contribution in [1.29, 1.82) is 0 Å². The van der Waals surface area contributed by atoms with Crippen molar-refractivity contribution in [3.8, 4) is 5.75 Å². The van der Waals surface area contributed by atoms with E-state index in [2.05, 4.69) is 10.3 Å². The average molecular weight is 421 g/mol. The number of hydrogen-bond donors (Lipinski definition) is 1. The lowest BCUT2D eigenvalue weighted by atomic mass is 10.2. The molecule has 0 saturated heterocycles. The van der Waals surface area contributed by atoms with Crippen LogP contribution < -0.4 is 10.1 Å². The van der Waals surface area contributed by atoms with E-state index in [9.17, 15) is 13.2 Å². The first-order valence-electron chi connectivity index (χ1n) is 8.59. The molecule has 2 aromatic carbocycles. The third-order valence-corrected chi connectivity index (χ3v) is 6.55. The topological polar surface area (TPSA) is 94.6 Å². The zero-order chi connectivity index (χ0) is 20.1. The van der Waals surface area contributed by atoms with Gasteiger partial charge in [0.15, 0.2) is 15.0 Å². The summed E-state index contributed by atoms with van der Waals surface area (Å²) in [4.78, 5) is 17.0. The van der Waals surface area contributed by atoms with Crippen LogP contribution >= 0.6 is 11.3 Å². The second-order valence-electron chi connectivity index (χ2n) is 5.87. The molecule has 0 fully saturated rings. The number of nitrogens with zero attached hydrogens (tertiary/aromatic N) is 1. The standard InChI is InChI=1S/C19H20N2O5S2/c1-3-26-14-6-9-16-17(12-14)27-19(20-16)21-18(22)13-4-7-15(8-5-13)28(23,24)11-10-25-2/h4-9,12H,3,10-11H2,1-2H3,(H,20,21,22). The monoisotopic (exact) mass is 420 g/mol. The molecule has 0 spiro atoms. The average Bonchev–Trinajstić information content (AvgIpc) is 3.08. The molecule has 0 bridgehead atoms. The van der Waals surface area contributed by atoms with Crippen LogP contribution in [0.15, 0.2) is 47.4 Å². The lowest BCUT2D eigenvalue weighted by molar-refractivity contribution is 0.102. The number of ether oxygens (including phenoxy) is 2. The number of hydrogen-bond acceptors (Lipinski definition) is 7. The number of rotatable bonds is 8. The fourth-order valence-electron chi connectivity index (χ4n) is 2.51. The summed E-state index contributed by atoms with van der Waals surface area (Å²) in [5.74, 6) is 0.288. The predicted octanol–water partition coefficient (Wildman–Crippen LogP) is 3.37. The van der Waals surface area contributed by atoms with Crippen LogP contribution in [0.25, 0.3) is 10.2 Å². The number of carbonyl (C=O) groups is 1. The largest absolute Gasteiger partial charge is 0.494 e. The second kappa shape index (κ2) is 8.68. The minimum atomic E-state index is -3.43. The van der Waals surface area contributed by atoms with Gasteiger partial charge in [0.2, 0.25) is 0 Å². The number of amides is 1. The molecule has 3 rings (SSSR count). The maximum Gasteiger partial charge on any atom is 0.257 e. The highest BCUT2D eigenvalue weighted by atomic mass is 32.2. The second-order valence-corrected chi connectivity index (χ2v) is 9.01. The van der Waals surface area contributed by atoms with E-state index < -0.39 is 9.84 Å². The van der Waals surface area contributed by atoms with E-state index in [-0.39, 0.29) is 23.2 Å². The first kappa shape index (κ1) is 20.2. The Morgan fingerprint density at radius 1 is 1.18 bits per heavy atom. The van der Waals surface area contributed by atoms with Gasteiger partial charge in [0.05, 0.1) is 34.1 Å². The van der Waals surface area contributed by atoms with Gasteiger partial charge in [0, 0.05) is 12.7 Å². The summed E-state index contributed by atoms with van der Waals surface area (Å²) in [5, 5.41) is 3.21. The minimum Gasteiger partial charge on any atom is -0.494 e. The Bertz CT molecular complexity index is 1080. The van der Waals surface area contributed by atoms with Crippen LogP contribution in [0.5, 0.6) is 5.75 Å². The van der Waals surface area contributed by atoms with Crippen LogP contribution in [0, 0.1) is 0 Å². The van der Waals surface area contributed by atoms with Crippen molar-refractivity contribution in [2.45, 2.75) is 11.8 Å². The van der Waals surface area contributed by atoms with Crippen molar-refractivity contribution < 1.29 is 22.7 Å². The Hall–Kier alpha value is -2.49. The van der Waals surface area contributed by atoms with Crippen LogP contribution in [0.4, 0.5) is 5.13 Å². The summed E-state index contributed by atoms with van der Waals surface area (Å²) in [6, 6.07) is 11.4. The number of aromatic nitrogens is 1. The number of benzene rings is 2. The van der Waals surface area contributed by atoms with Gasteiger partial charge in [0.25, 0.3) is 5.91 Å². The van der Waals surface area contributed by atoms with Gasteiger partial charge >= 0.3 is 0 Å². The summed E-state index contributed by atoms with van der Waals surface area (Å²) >= 11 is 1.34. The molecule has 0 aliphatic carbocycles. The SMILES string of the molecule is CCOc1ccc2nc(NC(=O)c3ccc(S(=O)(=O)CCOC)cc3)sc2c1. The molecule has 1 heterocycles. The van der Waals surface area contributed by atoms with Crippen LogP contribution in [0.2, 0.25) is 0 Å². The Morgan fingerprint density at radius 2 is 1.93 bits per heavy atom. The number of sulfone groups is 1. The van der Waals surface area contributed by atoms with Gasteiger partial charge < -0.3 is 9.47 Å². The molecule has 1 N–H and O–H groups in total. The lowest BCUT2D eigenvalue weighted by Gasteiger charge is -2.05. The maximum atomic E-state index is 12.5. The molecule has 0 saturated carbocycles. The van der Waals surface area contributed by atoms with E-state index in [0.29, 0.717) is 17.3 Å². The van der Waals surface area contributed by atoms with Crippen LogP contribution in [0.3, 0.4) is 0 Å². The molecule has 3 aromatic rings. The molecule has 1 aromatic heterocycles. The van der Waals surface area contributed by atoms with E-state index in [1.54, 1.807) is 0 Å². The van der Waals surface area contributed by atoms with Crippen molar-refractivity contribution in [2.24, 2.45) is 0 Å². The highest BCUT2D eigenvalue weighted by molar-refractivity contribution is 7.91. The molecule has 7 nitrogen and oxygen atoms in total. The molecule has 0 radical (unpaired) electrons. The molecular formula is C19H20N2O5S2. The quantitative estimate of drug-likeness (QED) is 0.600. The Balaban J connectivity index is 1.73. The number of fused-ring (bicyclic) bond motifs is 1. The summed E-state index contributed by atoms with van der Waals surface area (Å²) in [7, 11) is -1.98. The number of methoxy groups -OCH3 is 1. The molecule has 0 unspecified atom stereocenters. The zero-order valence-corrected chi connectivity index (χ0v) is 17.1. The molecular weight excluding hydrogens is 400 g/mol. The lowest BCUT2D eigenvalue weighted by Crippen LogP contribution is -2.13. The van der Waals surface area contributed by atoms with Gasteiger partial charge in [-0.3, -0.25) is 10.1 Å². The molecule has 148 valence electrons. The summed E-state index contributed by atoms with van der Waals surface area (Å²) in [5.41, 5.74) is 1.11. The molecule has 1 amide bonds. The number of carbonyl (C=O) groups excluding carboxylic acids is 1. The van der Waals surface area contributed by atoms with Crippen LogP contribution in [-0.4, -0.2) is 45.4 Å². The van der Waals surface area contributed by atoms with E-state index in [0.717, 1.165) is 16.0 Å². The van der Waals surface area contributed by atoms with Gasteiger partial charge in [0.1, 0.15) is 5.75 Å².